The summed E-state index contributed by atoms with van der Waals surface area (Å²) in [6.07, 6.45) is -0.536. The second-order valence-corrected chi connectivity index (χ2v) is 7.06. The number of anilines is 1. The third-order valence-electron chi connectivity index (χ3n) is 4.48. The molecule has 0 heterocycles. The molecule has 9 heteroatoms. The summed E-state index contributed by atoms with van der Waals surface area (Å²) in [5, 5.41) is 24.2. The second kappa shape index (κ2) is 10.5. The zero-order chi connectivity index (χ0) is 22.1. The van der Waals surface area contributed by atoms with Crippen LogP contribution in [0.4, 0.5) is 5.69 Å². The van der Waals surface area contributed by atoms with Gasteiger partial charge in [-0.2, -0.15) is 12.6 Å². The number of hydrogen-bond acceptors (Lipinski definition) is 6. The number of methoxy groups -OCH3 is 1. The lowest BCUT2D eigenvalue weighted by Gasteiger charge is -2.32. The summed E-state index contributed by atoms with van der Waals surface area (Å²) in [5.74, 6) is -3.47. The Morgan fingerprint density at radius 3 is 2.20 bits per heavy atom. The van der Waals surface area contributed by atoms with E-state index < -0.39 is 35.8 Å². The average Bonchev–Trinajstić information content (AvgIpc) is 2.72. The van der Waals surface area contributed by atoms with E-state index >= 15 is 0 Å². The Morgan fingerprint density at radius 2 is 1.70 bits per heavy atom. The second-order valence-electron chi connectivity index (χ2n) is 6.69. The van der Waals surface area contributed by atoms with Crippen LogP contribution in [0.3, 0.4) is 0 Å². The first-order valence-electron chi connectivity index (χ1n) is 9.14. The summed E-state index contributed by atoms with van der Waals surface area (Å²) in [4.78, 5) is 36.4. The van der Waals surface area contributed by atoms with Gasteiger partial charge in [-0.05, 0) is 36.2 Å². The zero-order valence-electron chi connectivity index (χ0n) is 16.4. The molecule has 2 aromatic rings. The number of benzene rings is 2. The molecule has 8 nitrogen and oxygen atoms in total. The summed E-state index contributed by atoms with van der Waals surface area (Å²) in [6, 6.07) is 15.4. The lowest BCUT2D eigenvalue weighted by molar-refractivity contribution is -0.152. The van der Waals surface area contributed by atoms with Crippen molar-refractivity contribution >= 4 is 36.2 Å². The maximum atomic E-state index is 12.9. The van der Waals surface area contributed by atoms with Crippen molar-refractivity contribution in [1.29, 1.82) is 0 Å². The summed E-state index contributed by atoms with van der Waals surface area (Å²) in [7, 11) is 1.49. The Kier molecular flexibility index (Phi) is 8.11. The molecule has 2 rings (SSSR count). The molecule has 0 saturated heterocycles. The van der Waals surface area contributed by atoms with Crippen LogP contribution in [0.1, 0.15) is 12.0 Å². The molecule has 2 aromatic carbocycles. The van der Waals surface area contributed by atoms with Crippen LogP contribution in [0.5, 0.6) is 5.75 Å². The molecule has 160 valence electrons. The standard InChI is InChI=1S/C21H24N2O6S/c1-29-17-9-7-16(8-10-17)22-21(20(27)28,12-18(24)25)23-19(26)15(13-30)11-14-5-3-2-4-6-14/h2-10,15,22,30H,11-13H2,1H3,(H,23,26)(H,24,25)(H,27,28)/t15?,21-/m0/s1. The Balaban J connectivity index is 2.28. The van der Waals surface area contributed by atoms with Gasteiger partial charge in [-0.3, -0.25) is 9.59 Å². The van der Waals surface area contributed by atoms with Crippen molar-refractivity contribution in [2.75, 3.05) is 18.2 Å². The quantitative estimate of drug-likeness (QED) is 0.272. The zero-order valence-corrected chi connectivity index (χ0v) is 17.3. The Hall–Kier alpha value is -3.20. The van der Waals surface area contributed by atoms with Crippen LogP contribution < -0.4 is 15.4 Å². The first-order valence-corrected chi connectivity index (χ1v) is 9.77. The predicted molar refractivity (Wildman–Crippen MR) is 115 cm³/mol. The Bertz CT molecular complexity index is 875. The maximum Gasteiger partial charge on any atom is 0.351 e. The molecule has 0 saturated carbocycles. The van der Waals surface area contributed by atoms with Gasteiger partial charge in [-0.15, -0.1) is 0 Å². The molecule has 0 aliphatic carbocycles. The van der Waals surface area contributed by atoms with Gasteiger partial charge in [0.25, 0.3) is 0 Å². The van der Waals surface area contributed by atoms with E-state index in [2.05, 4.69) is 23.3 Å². The molecule has 0 spiro atoms. The molecule has 0 bridgehead atoms. The largest absolute Gasteiger partial charge is 0.497 e. The molecule has 0 aliphatic heterocycles. The molecule has 30 heavy (non-hydrogen) atoms. The third kappa shape index (κ3) is 6.15. The smallest absolute Gasteiger partial charge is 0.351 e. The SMILES string of the molecule is COc1ccc(N[C@@](CC(=O)O)(NC(=O)C(CS)Cc2ccccc2)C(=O)O)cc1. The van der Waals surface area contributed by atoms with Gasteiger partial charge < -0.3 is 25.6 Å². The summed E-state index contributed by atoms with van der Waals surface area (Å²) >= 11 is 4.22. The van der Waals surface area contributed by atoms with Crippen LogP contribution in [-0.4, -0.2) is 46.6 Å². The summed E-state index contributed by atoms with van der Waals surface area (Å²) in [6.45, 7) is 0. The maximum absolute atomic E-state index is 12.9. The Labute approximate surface area is 179 Å². The van der Waals surface area contributed by atoms with Gasteiger partial charge in [0, 0.05) is 11.4 Å². The molecule has 0 radical (unpaired) electrons. The lowest BCUT2D eigenvalue weighted by atomic mass is 9.98. The highest BCUT2D eigenvalue weighted by atomic mass is 32.1. The minimum Gasteiger partial charge on any atom is -0.497 e. The monoisotopic (exact) mass is 432 g/mol. The molecule has 4 N–H and O–H groups in total. The fourth-order valence-electron chi connectivity index (χ4n) is 2.90. The third-order valence-corrected chi connectivity index (χ3v) is 4.92. The van der Waals surface area contributed by atoms with E-state index in [1.807, 2.05) is 30.3 Å². The van der Waals surface area contributed by atoms with E-state index in [1.54, 1.807) is 12.1 Å². The number of thiol groups is 1. The molecular weight excluding hydrogens is 408 g/mol. The fraction of sp³-hybridized carbons (Fsp3) is 0.286. The van der Waals surface area contributed by atoms with Crippen LogP contribution in [0.15, 0.2) is 54.6 Å². The number of carbonyl (C=O) groups is 3. The van der Waals surface area contributed by atoms with Gasteiger partial charge in [0.1, 0.15) is 5.75 Å². The number of aliphatic carboxylic acids is 2. The Morgan fingerprint density at radius 1 is 1.07 bits per heavy atom. The average molecular weight is 432 g/mol. The highest BCUT2D eigenvalue weighted by molar-refractivity contribution is 7.80. The van der Waals surface area contributed by atoms with E-state index in [9.17, 15) is 24.6 Å². The van der Waals surface area contributed by atoms with Crippen LogP contribution in [0.2, 0.25) is 0 Å². The molecule has 1 unspecified atom stereocenters. The van der Waals surface area contributed by atoms with Crippen molar-refractivity contribution < 1.29 is 29.3 Å². The van der Waals surface area contributed by atoms with E-state index in [1.165, 1.54) is 19.2 Å². The van der Waals surface area contributed by atoms with E-state index in [0.717, 1.165) is 5.56 Å². The van der Waals surface area contributed by atoms with E-state index in [0.29, 0.717) is 17.9 Å². The number of ether oxygens (including phenoxy) is 1. The van der Waals surface area contributed by atoms with Gasteiger partial charge in [0.2, 0.25) is 11.6 Å². The van der Waals surface area contributed by atoms with Crippen molar-refractivity contribution in [3.63, 3.8) is 0 Å². The van der Waals surface area contributed by atoms with Gasteiger partial charge in [0.15, 0.2) is 0 Å². The first kappa shape index (κ1) is 23.1. The van der Waals surface area contributed by atoms with Gasteiger partial charge >= 0.3 is 11.9 Å². The lowest BCUT2D eigenvalue weighted by Crippen LogP contribution is -2.62. The molecule has 1 amide bonds. The number of amides is 1. The molecule has 0 aliphatic rings. The van der Waals surface area contributed by atoms with Crippen molar-refractivity contribution in [1.82, 2.24) is 5.32 Å². The first-order chi connectivity index (χ1) is 14.3. The predicted octanol–water partition coefficient (Wildman–Crippen LogP) is 2.27. The van der Waals surface area contributed by atoms with Gasteiger partial charge in [-0.25, -0.2) is 4.79 Å². The fourth-order valence-corrected chi connectivity index (χ4v) is 3.20. The van der Waals surface area contributed by atoms with Crippen molar-refractivity contribution in [3.05, 3.63) is 60.2 Å². The topological polar surface area (TPSA) is 125 Å². The highest BCUT2D eigenvalue weighted by Crippen LogP contribution is 2.22. The van der Waals surface area contributed by atoms with E-state index in [4.69, 9.17) is 4.74 Å². The van der Waals surface area contributed by atoms with Crippen LogP contribution in [-0.2, 0) is 20.8 Å². The summed E-state index contributed by atoms with van der Waals surface area (Å²) in [5.41, 5.74) is -1.05. The minimum absolute atomic E-state index is 0.159. The van der Waals surface area contributed by atoms with Crippen molar-refractivity contribution in [2.45, 2.75) is 18.5 Å². The van der Waals surface area contributed by atoms with Crippen LogP contribution >= 0.6 is 12.6 Å². The minimum atomic E-state index is -2.24. The highest BCUT2D eigenvalue weighted by Gasteiger charge is 2.43. The van der Waals surface area contributed by atoms with Crippen LogP contribution in [0.25, 0.3) is 0 Å². The molecule has 0 aromatic heterocycles. The number of carbonyl (C=O) groups excluding carboxylic acids is 1. The van der Waals surface area contributed by atoms with Crippen molar-refractivity contribution in [3.8, 4) is 5.75 Å². The molecule has 0 fully saturated rings. The summed E-state index contributed by atoms with van der Waals surface area (Å²) < 4.78 is 5.06. The number of carboxylic acids is 2. The number of rotatable bonds is 11. The molecular formula is C21H24N2O6S. The van der Waals surface area contributed by atoms with Crippen molar-refractivity contribution in [2.24, 2.45) is 5.92 Å². The van der Waals surface area contributed by atoms with Gasteiger partial charge in [0.05, 0.1) is 19.4 Å². The molecule has 2 atom stereocenters. The number of nitrogens with one attached hydrogen (secondary N) is 2. The number of hydrogen-bond donors (Lipinski definition) is 5. The van der Waals surface area contributed by atoms with Gasteiger partial charge in [-0.1, -0.05) is 30.3 Å². The normalized spacial score (nSPS) is 13.5. The number of carboxylic acid groups (broad SMARTS) is 2. The van der Waals surface area contributed by atoms with E-state index in [-0.39, 0.29) is 5.75 Å². The van der Waals surface area contributed by atoms with Crippen LogP contribution in [0, 0.1) is 5.92 Å².